The fourth-order valence-corrected chi connectivity index (χ4v) is 3.54. The lowest BCUT2D eigenvalue weighted by Gasteiger charge is -2.35. The molecule has 20 heavy (non-hydrogen) atoms. The molecule has 3 nitrogen and oxygen atoms in total. The minimum atomic E-state index is 0.516. The summed E-state index contributed by atoms with van der Waals surface area (Å²) in [5, 5.41) is 3.90. The summed E-state index contributed by atoms with van der Waals surface area (Å²) in [6, 6.07) is 7.77. The molecule has 0 spiro atoms. The molecule has 0 radical (unpaired) electrons. The van der Waals surface area contributed by atoms with E-state index in [9.17, 15) is 0 Å². The van der Waals surface area contributed by atoms with Crippen molar-refractivity contribution in [2.75, 3.05) is 27.2 Å². The van der Waals surface area contributed by atoms with Gasteiger partial charge in [-0.1, -0.05) is 6.07 Å². The maximum absolute atomic E-state index is 5.40. The van der Waals surface area contributed by atoms with Crippen molar-refractivity contribution in [1.82, 2.24) is 10.2 Å². The number of hydrogen-bond acceptors (Lipinski definition) is 3. The van der Waals surface area contributed by atoms with E-state index in [0.717, 1.165) is 5.75 Å². The third-order valence-electron chi connectivity index (χ3n) is 4.82. The number of hydrogen-bond donors (Lipinski definition) is 1. The Labute approximate surface area is 122 Å². The number of nitrogens with zero attached hydrogens (tertiary/aromatic N) is 1. The van der Waals surface area contributed by atoms with Gasteiger partial charge in [0, 0.05) is 12.1 Å². The molecule has 1 heterocycles. The molecule has 1 fully saturated rings. The molecule has 1 N–H and O–H groups in total. The third-order valence-corrected chi connectivity index (χ3v) is 4.82. The van der Waals surface area contributed by atoms with Gasteiger partial charge in [-0.2, -0.15) is 0 Å². The van der Waals surface area contributed by atoms with E-state index >= 15 is 0 Å². The fraction of sp³-hybridized carbons (Fsp3) is 0.647. The predicted molar refractivity (Wildman–Crippen MR) is 82.3 cm³/mol. The van der Waals surface area contributed by atoms with Gasteiger partial charge in [0.1, 0.15) is 5.75 Å². The van der Waals surface area contributed by atoms with Gasteiger partial charge in [0.25, 0.3) is 0 Å². The number of ether oxygens (including phenoxy) is 1. The Morgan fingerprint density at radius 3 is 2.75 bits per heavy atom. The van der Waals surface area contributed by atoms with Crippen molar-refractivity contribution < 1.29 is 4.74 Å². The molecule has 1 unspecified atom stereocenters. The molecule has 1 aromatic carbocycles. The molecule has 3 rings (SSSR count). The molecule has 2 aliphatic rings. The van der Waals surface area contributed by atoms with Gasteiger partial charge in [-0.05, 0) is 75.5 Å². The van der Waals surface area contributed by atoms with Gasteiger partial charge < -0.3 is 15.0 Å². The topological polar surface area (TPSA) is 24.5 Å². The molecule has 0 saturated carbocycles. The average molecular weight is 274 g/mol. The highest BCUT2D eigenvalue weighted by Crippen LogP contribution is 2.33. The quantitative estimate of drug-likeness (QED) is 0.917. The van der Waals surface area contributed by atoms with E-state index < -0.39 is 0 Å². The summed E-state index contributed by atoms with van der Waals surface area (Å²) in [6.45, 7) is 2.44. The Kier molecular flexibility index (Phi) is 4.27. The van der Waals surface area contributed by atoms with Crippen LogP contribution in [0.2, 0.25) is 0 Å². The van der Waals surface area contributed by atoms with Crippen molar-refractivity contribution in [3.8, 4) is 5.75 Å². The van der Waals surface area contributed by atoms with Gasteiger partial charge in [-0.15, -0.1) is 0 Å². The minimum Gasteiger partial charge on any atom is -0.497 e. The van der Waals surface area contributed by atoms with Crippen molar-refractivity contribution in [1.29, 1.82) is 0 Å². The van der Waals surface area contributed by atoms with E-state index in [1.165, 1.54) is 56.3 Å². The number of aryl methyl sites for hydroxylation is 1. The zero-order valence-electron chi connectivity index (χ0n) is 12.7. The second-order valence-corrected chi connectivity index (χ2v) is 6.25. The summed E-state index contributed by atoms with van der Waals surface area (Å²) in [6.07, 6.45) is 6.31. The molecule has 1 aromatic rings. The third kappa shape index (κ3) is 2.99. The van der Waals surface area contributed by atoms with E-state index in [1.807, 2.05) is 0 Å². The molecule has 1 aliphatic carbocycles. The van der Waals surface area contributed by atoms with Gasteiger partial charge in [-0.3, -0.25) is 0 Å². The lowest BCUT2D eigenvalue weighted by atomic mass is 9.86. The van der Waals surface area contributed by atoms with Gasteiger partial charge in [0.15, 0.2) is 0 Å². The number of methoxy groups -OCH3 is 1. The van der Waals surface area contributed by atoms with Crippen LogP contribution in [0, 0.1) is 0 Å². The van der Waals surface area contributed by atoms with Crippen LogP contribution in [0.25, 0.3) is 0 Å². The maximum atomic E-state index is 5.40. The molecule has 1 aliphatic heterocycles. The van der Waals surface area contributed by atoms with Crippen LogP contribution in [0.1, 0.15) is 42.9 Å². The van der Waals surface area contributed by atoms with Crippen LogP contribution < -0.4 is 10.1 Å². The van der Waals surface area contributed by atoms with Crippen LogP contribution in [0.15, 0.2) is 18.2 Å². The van der Waals surface area contributed by atoms with E-state index in [4.69, 9.17) is 4.74 Å². The average Bonchev–Trinajstić information content (AvgIpc) is 2.49. The monoisotopic (exact) mass is 274 g/mol. The summed E-state index contributed by atoms with van der Waals surface area (Å²) in [4.78, 5) is 2.43. The second-order valence-electron chi connectivity index (χ2n) is 6.25. The Morgan fingerprint density at radius 2 is 2.00 bits per heavy atom. The SMILES string of the molecule is COc1ccc2c(c1)C(NC1CCN(C)CC1)CCC2. The summed E-state index contributed by atoms with van der Waals surface area (Å²) in [5.41, 5.74) is 2.97. The van der Waals surface area contributed by atoms with Crippen LogP contribution in [0.4, 0.5) is 0 Å². The molecule has 0 aromatic heterocycles. The van der Waals surface area contributed by atoms with Crippen molar-refractivity contribution in [2.45, 2.75) is 44.2 Å². The lowest BCUT2D eigenvalue weighted by molar-refractivity contribution is 0.220. The first-order valence-corrected chi connectivity index (χ1v) is 7.87. The number of nitrogens with one attached hydrogen (secondary N) is 1. The Bertz CT molecular complexity index is 452. The second kappa shape index (κ2) is 6.15. The lowest BCUT2D eigenvalue weighted by Crippen LogP contribution is -2.42. The molecule has 0 amide bonds. The van der Waals surface area contributed by atoms with Gasteiger partial charge in [0.05, 0.1) is 7.11 Å². The smallest absolute Gasteiger partial charge is 0.119 e. The molecule has 110 valence electrons. The van der Waals surface area contributed by atoms with Crippen molar-refractivity contribution in [2.24, 2.45) is 0 Å². The van der Waals surface area contributed by atoms with Crippen molar-refractivity contribution in [3.63, 3.8) is 0 Å². The molecular formula is C17H26N2O. The van der Waals surface area contributed by atoms with E-state index in [0.29, 0.717) is 12.1 Å². The summed E-state index contributed by atoms with van der Waals surface area (Å²) in [5.74, 6) is 0.987. The molecule has 1 saturated heterocycles. The molecule has 3 heteroatoms. The summed E-state index contributed by atoms with van der Waals surface area (Å²) >= 11 is 0. The first kappa shape index (κ1) is 13.9. The van der Waals surface area contributed by atoms with Gasteiger partial charge in [0.2, 0.25) is 0 Å². The van der Waals surface area contributed by atoms with Crippen LogP contribution in [0.3, 0.4) is 0 Å². The summed E-state index contributed by atoms with van der Waals surface area (Å²) < 4.78 is 5.40. The molecule has 1 atom stereocenters. The Morgan fingerprint density at radius 1 is 1.20 bits per heavy atom. The van der Waals surface area contributed by atoms with Crippen molar-refractivity contribution >= 4 is 0 Å². The molecule has 0 bridgehead atoms. The number of benzene rings is 1. The summed E-state index contributed by atoms with van der Waals surface area (Å²) in [7, 11) is 3.97. The number of piperidine rings is 1. The maximum Gasteiger partial charge on any atom is 0.119 e. The van der Waals surface area contributed by atoms with Crippen molar-refractivity contribution in [3.05, 3.63) is 29.3 Å². The normalized spacial score (nSPS) is 24.4. The van der Waals surface area contributed by atoms with Crippen LogP contribution in [0.5, 0.6) is 5.75 Å². The standard InChI is InChI=1S/C17H26N2O/c1-19-10-8-14(9-11-19)18-17-5-3-4-13-6-7-15(20-2)12-16(13)17/h6-7,12,14,17-18H,3-5,8-11H2,1-2H3. The zero-order chi connectivity index (χ0) is 13.9. The van der Waals surface area contributed by atoms with E-state index in [1.54, 1.807) is 7.11 Å². The van der Waals surface area contributed by atoms with Gasteiger partial charge in [-0.25, -0.2) is 0 Å². The highest BCUT2D eigenvalue weighted by atomic mass is 16.5. The highest BCUT2D eigenvalue weighted by molar-refractivity contribution is 5.39. The Balaban J connectivity index is 1.72. The van der Waals surface area contributed by atoms with Crippen LogP contribution in [-0.4, -0.2) is 38.2 Å². The van der Waals surface area contributed by atoms with E-state index in [-0.39, 0.29) is 0 Å². The largest absolute Gasteiger partial charge is 0.497 e. The van der Waals surface area contributed by atoms with E-state index in [2.05, 4.69) is 35.5 Å². The van der Waals surface area contributed by atoms with Crippen LogP contribution >= 0.6 is 0 Å². The first-order valence-electron chi connectivity index (χ1n) is 7.87. The fourth-order valence-electron chi connectivity index (χ4n) is 3.54. The minimum absolute atomic E-state index is 0.516. The predicted octanol–water partition coefficient (Wildman–Crippen LogP) is 2.76. The Hall–Kier alpha value is -1.06. The number of rotatable bonds is 3. The zero-order valence-corrected chi connectivity index (χ0v) is 12.7. The first-order chi connectivity index (χ1) is 9.76. The number of fused-ring (bicyclic) bond motifs is 1. The molecular weight excluding hydrogens is 248 g/mol. The highest BCUT2D eigenvalue weighted by Gasteiger charge is 2.25. The van der Waals surface area contributed by atoms with Gasteiger partial charge >= 0.3 is 0 Å². The number of likely N-dealkylation sites (tertiary alicyclic amines) is 1. The van der Waals surface area contributed by atoms with Crippen LogP contribution in [-0.2, 0) is 6.42 Å².